The summed E-state index contributed by atoms with van der Waals surface area (Å²) >= 11 is 5.89. The van der Waals surface area contributed by atoms with E-state index >= 15 is 0 Å². The van der Waals surface area contributed by atoms with Crippen LogP contribution in [-0.4, -0.2) is 31.0 Å². The van der Waals surface area contributed by atoms with Gasteiger partial charge >= 0.3 is 11.8 Å². The lowest BCUT2D eigenvalue weighted by Crippen LogP contribution is -2.23. The molecule has 0 fully saturated rings. The first-order chi connectivity index (χ1) is 13.6. The lowest BCUT2D eigenvalue weighted by Gasteiger charge is -2.02. The molecule has 0 unspecified atom stereocenters. The summed E-state index contributed by atoms with van der Waals surface area (Å²) in [6.07, 6.45) is 1.64. The van der Waals surface area contributed by atoms with E-state index in [9.17, 15) is 4.79 Å². The van der Waals surface area contributed by atoms with Crippen LogP contribution in [-0.2, 0) is 6.54 Å². The molecule has 1 amide bonds. The minimum atomic E-state index is -0.454. The van der Waals surface area contributed by atoms with Crippen LogP contribution < -0.4 is 5.32 Å². The van der Waals surface area contributed by atoms with Crippen LogP contribution in [0.4, 0.5) is 0 Å². The van der Waals surface area contributed by atoms with Crippen molar-refractivity contribution in [2.45, 2.75) is 13.5 Å². The Hall–Kier alpha value is -3.52. The van der Waals surface area contributed by atoms with E-state index in [1.54, 1.807) is 35.1 Å². The van der Waals surface area contributed by atoms with Crippen LogP contribution in [0.3, 0.4) is 0 Å². The summed E-state index contributed by atoms with van der Waals surface area (Å²) in [5.41, 5.74) is 3.30. The fraction of sp³-hybridized carbons (Fsp3) is 0.105. The predicted octanol–water partition coefficient (Wildman–Crippen LogP) is 3.21. The number of aromatic nitrogens is 5. The lowest BCUT2D eigenvalue weighted by atomic mass is 10.1. The van der Waals surface area contributed by atoms with Gasteiger partial charge in [0.25, 0.3) is 0 Å². The molecule has 0 atom stereocenters. The Morgan fingerprint density at radius 1 is 1.14 bits per heavy atom. The topological polar surface area (TPSA) is 98.7 Å². The standard InChI is InChI=1S/C19H15ClN6O2/c1-12-2-4-13(5-3-12)10-21-18(27)19-22-17(24-28-19)16-11-26(25-23-16)15-8-6-14(20)7-9-15/h2-9,11H,10H2,1H3,(H,21,27). The number of nitrogens with one attached hydrogen (secondary N) is 1. The van der Waals surface area contributed by atoms with E-state index in [0.717, 1.165) is 16.8 Å². The number of hydrogen-bond donors (Lipinski definition) is 1. The quantitative estimate of drug-likeness (QED) is 0.558. The summed E-state index contributed by atoms with van der Waals surface area (Å²) in [5, 5.41) is 15.2. The summed E-state index contributed by atoms with van der Waals surface area (Å²) in [6, 6.07) is 15.0. The fourth-order valence-electron chi connectivity index (χ4n) is 2.47. The molecule has 0 saturated heterocycles. The summed E-state index contributed by atoms with van der Waals surface area (Å²) in [5.74, 6) is -0.409. The van der Waals surface area contributed by atoms with Gasteiger partial charge in [-0.05, 0) is 36.8 Å². The highest BCUT2D eigenvalue weighted by Gasteiger charge is 2.18. The molecule has 28 heavy (non-hydrogen) atoms. The second-order valence-electron chi connectivity index (χ2n) is 6.12. The van der Waals surface area contributed by atoms with Gasteiger partial charge in [0.1, 0.15) is 0 Å². The lowest BCUT2D eigenvalue weighted by molar-refractivity contribution is 0.0907. The minimum Gasteiger partial charge on any atom is -0.344 e. The van der Waals surface area contributed by atoms with Crippen molar-refractivity contribution in [3.63, 3.8) is 0 Å². The van der Waals surface area contributed by atoms with Crippen molar-refractivity contribution in [1.29, 1.82) is 0 Å². The third kappa shape index (κ3) is 3.91. The molecule has 9 heteroatoms. The SMILES string of the molecule is Cc1ccc(CNC(=O)c2nc(-c3cn(-c4ccc(Cl)cc4)nn3)no2)cc1. The Kier molecular flexibility index (Phi) is 4.86. The van der Waals surface area contributed by atoms with Gasteiger partial charge in [0, 0.05) is 11.6 Å². The predicted molar refractivity (Wildman–Crippen MR) is 102 cm³/mol. The van der Waals surface area contributed by atoms with E-state index in [-0.39, 0.29) is 11.7 Å². The molecule has 0 aliphatic rings. The molecule has 0 aliphatic carbocycles. The first kappa shape index (κ1) is 17.9. The van der Waals surface area contributed by atoms with Gasteiger partial charge in [-0.3, -0.25) is 4.79 Å². The molecule has 4 rings (SSSR count). The Morgan fingerprint density at radius 2 is 1.89 bits per heavy atom. The monoisotopic (exact) mass is 394 g/mol. The molecule has 2 heterocycles. The molecule has 0 spiro atoms. The number of carbonyl (C=O) groups excluding carboxylic acids is 1. The van der Waals surface area contributed by atoms with Gasteiger partial charge in [-0.1, -0.05) is 51.8 Å². The van der Waals surface area contributed by atoms with Gasteiger partial charge in [-0.25, -0.2) is 4.68 Å². The van der Waals surface area contributed by atoms with Crippen molar-refractivity contribution in [3.8, 4) is 17.2 Å². The first-order valence-corrected chi connectivity index (χ1v) is 8.82. The molecule has 0 saturated carbocycles. The van der Waals surface area contributed by atoms with E-state index in [0.29, 0.717) is 17.3 Å². The van der Waals surface area contributed by atoms with Crippen molar-refractivity contribution in [3.05, 3.63) is 76.8 Å². The average molecular weight is 395 g/mol. The molecule has 0 radical (unpaired) electrons. The van der Waals surface area contributed by atoms with Crippen LogP contribution in [0.5, 0.6) is 0 Å². The second-order valence-corrected chi connectivity index (χ2v) is 6.55. The third-order valence-electron chi connectivity index (χ3n) is 4.01. The van der Waals surface area contributed by atoms with E-state index in [4.69, 9.17) is 16.1 Å². The highest BCUT2D eigenvalue weighted by molar-refractivity contribution is 6.30. The van der Waals surface area contributed by atoms with E-state index in [2.05, 4.69) is 25.8 Å². The zero-order valence-electron chi connectivity index (χ0n) is 14.8. The molecule has 2 aromatic carbocycles. The fourth-order valence-corrected chi connectivity index (χ4v) is 2.60. The van der Waals surface area contributed by atoms with Crippen LogP contribution in [0.2, 0.25) is 5.02 Å². The number of hydrogen-bond acceptors (Lipinski definition) is 6. The zero-order valence-corrected chi connectivity index (χ0v) is 15.6. The van der Waals surface area contributed by atoms with Gasteiger partial charge in [-0.2, -0.15) is 4.98 Å². The van der Waals surface area contributed by atoms with E-state index < -0.39 is 5.91 Å². The third-order valence-corrected chi connectivity index (χ3v) is 4.26. The van der Waals surface area contributed by atoms with Crippen molar-refractivity contribution >= 4 is 17.5 Å². The molecule has 4 aromatic rings. The number of nitrogens with zero attached hydrogens (tertiary/aromatic N) is 5. The average Bonchev–Trinajstić information content (AvgIpc) is 3.37. The number of carbonyl (C=O) groups is 1. The van der Waals surface area contributed by atoms with Crippen LogP contribution in [0.15, 0.2) is 59.3 Å². The van der Waals surface area contributed by atoms with Gasteiger partial charge in [0.15, 0.2) is 5.69 Å². The normalized spacial score (nSPS) is 10.8. The first-order valence-electron chi connectivity index (χ1n) is 8.44. The zero-order chi connectivity index (χ0) is 19.5. The molecule has 0 bridgehead atoms. The molecular formula is C19H15ClN6O2. The summed E-state index contributed by atoms with van der Waals surface area (Å²) in [7, 11) is 0. The minimum absolute atomic E-state index is 0.136. The van der Waals surface area contributed by atoms with Crippen molar-refractivity contribution in [1.82, 2.24) is 30.5 Å². The van der Waals surface area contributed by atoms with Crippen molar-refractivity contribution in [2.75, 3.05) is 0 Å². The van der Waals surface area contributed by atoms with Gasteiger partial charge in [-0.15, -0.1) is 5.10 Å². The summed E-state index contributed by atoms with van der Waals surface area (Å²) in [4.78, 5) is 16.3. The Balaban J connectivity index is 1.44. The molecule has 140 valence electrons. The molecular weight excluding hydrogens is 380 g/mol. The van der Waals surface area contributed by atoms with Gasteiger partial charge < -0.3 is 9.84 Å². The number of aryl methyl sites for hydroxylation is 1. The summed E-state index contributed by atoms with van der Waals surface area (Å²) in [6.45, 7) is 2.37. The largest absolute Gasteiger partial charge is 0.344 e. The Labute approximate surface area is 165 Å². The van der Waals surface area contributed by atoms with E-state index in [1.165, 1.54) is 0 Å². The Morgan fingerprint density at radius 3 is 2.64 bits per heavy atom. The maximum absolute atomic E-state index is 12.2. The van der Waals surface area contributed by atoms with Crippen molar-refractivity contribution in [2.24, 2.45) is 0 Å². The van der Waals surface area contributed by atoms with Crippen molar-refractivity contribution < 1.29 is 9.32 Å². The van der Waals surface area contributed by atoms with E-state index in [1.807, 2.05) is 31.2 Å². The second kappa shape index (κ2) is 7.61. The number of halogens is 1. The number of rotatable bonds is 5. The summed E-state index contributed by atoms with van der Waals surface area (Å²) < 4.78 is 6.61. The van der Waals surface area contributed by atoms with Crippen LogP contribution in [0, 0.1) is 6.92 Å². The van der Waals surface area contributed by atoms with Gasteiger partial charge in [0.05, 0.1) is 11.9 Å². The number of benzene rings is 2. The maximum Gasteiger partial charge on any atom is 0.316 e. The highest BCUT2D eigenvalue weighted by atomic mass is 35.5. The van der Waals surface area contributed by atoms with Crippen LogP contribution in [0.1, 0.15) is 21.8 Å². The number of amides is 1. The highest BCUT2D eigenvalue weighted by Crippen LogP contribution is 2.16. The molecule has 1 N–H and O–H groups in total. The molecule has 2 aromatic heterocycles. The Bertz CT molecular complexity index is 1100. The molecule has 8 nitrogen and oxygen atoms in total. The van der Waals surface area contributed by atoms with Crippen LogP contribution in [0.25, 0.3) is 17.2 Å². The molecule has 0 aliphatic heterocycles. The van der Waals surface area contributed by atoms with Crippen LogP contribution >= 0.6 is 11.6 Å². The maximum atomic E-state index is 12.2. The smallest absolute Gasteiger partial charge is 0.316 e. The van der Waals surface area contributed by atoms with Gasteiger partial charge in [0.2, 0.25) is 5.82 Å².